The first kappa shape index (κ1) is 21.5. The molecule has 5 rings (SSSR count). The van der Waals surface area contributed by atoms with Crippen LogP contribution in [-0.4, -0.2) is 19.6 Å². The molecule has 0 bridgehead atoms. The molecule has 0 spiro atoms. The smallest absolute Gasteiger partial charge is 0.170 e. The van der Waals surface area contributed by atoms with E-state index in [1.807, 2.05) is 30.5 Å². The fraction of sp³-hybridized carbons (Fsp3) is 0.259. The minimum absolute atomic E-state index is 0.0122. The lowest BCUT2D eigenvalue weighted by Crippen LogP contribution is -2.29. The largest absolute Gasteiger partial charge is 0.467 e. The molecule has 1 aromatic carbocycles. The quantitative estimate of drug-likeness (QED) is 0.381. The minimum atomic E-state index is -0.0550. The van der Waals surface area contributed by atoms with Gasteiger partial charge in [0.1, 0.15) is 5.76 Å². The lowest BCUT2D eigenvalue weighted by atomic mass is 9.96. The second-order valence-electron chi connectivity index (χ2n) is 8.74. The van der Waals surface area contributed by atoms with Crippen molar-refractivity contribution in [2.24, 2.45) is 0 Å². The Kier molecular flexibility index (Phi) is 5.54. The van der Waals surface area contributed by atoms with Crippen LogP contribution in [0.3, 0.4) is 0 Å². The molecular weight excluding hydrogens is 428 g/mol. The zero-order valence-electron chi connectivity index (χ0n) is 19.4. The summed E-state index contributed by atoms with van der Waals surface area (Å²) in [5, 5.41) is 4.26. The molecule has 2 atom stereocenters. The molecule has 168 valence electrons. The van der Waals surface area contributed by atoms with Crippen LogP contribution in [-0.2, 0) is 6.54 Å². The molecular formula is C27H28N4OS. The first-order chi connectivity index (χ1) is 16.0. The third-order valence-corrected chi connectivity index (χ3v) is 6.91. The minimum Gasteiger partial charge on any atom is -0.467 e. The molecule has 1 aliphatic rings. The Morgan fingerprint density at radius 2 is 1.79 bits per heavy atom. The molecule has 0 aliphatic carbocycles. The third kappa shape index (κ3) is 3.74. The fourth-order valence-corrected chi connectivity index (χ4v) is 5.38. The summed E-state index contributed by atoms with van der Waals surface area (Å²) in [5.74, 6) is 0.884. The summed E-state index contributed by atoms with van der Waals surface area (Å²) in [7, 11) is 0. The maximum Gasteiger partial charge on any atom is 0.170 e. The Morgan fingerprint density at radius 1 is 1.00 bits per heavy atom. The van der Waals surface area contributed by atoms with E-state index in [4.69, 9.17) is 16.6 Å². The van der Waals surface area contributed by atoms with E-state index in [0.717, 1.165) is 11.5 Å². The van der Waals surface area contributed by atoms with Crippen molar-refractivity contribution in [1.82, 2.24) is 19.8 Å². The Balaban J connectivity index is 1.66. The van der Waals surface area contributed by atoms with E-state index >= 15 is 0 Å². The number of nitrogens with zero attached hydrogens (tertiary/aromatic N) is 3. The molecule has 0 saturated carbocycles. The fourth-order valence-electron chi connectivity index (χ4n) is 5.07. The van der Waals surface area contributed by atoms with Gasteiger partial charge < -0.3 is 19.2 Å². The first-order valence-corrected chi connectivity index (χ1v) is 11.6. The highest BCUT2D eigenvalue weighted by molar-refractivity contribution is 7.80. The van der Waals surface area contributed by atoms with E-state index in [2.05, 4.69) is 77.8 Å². The summed E-state index contributed by atoms with van der Waals surface area (Å²) in [4.78, 5) is 6.90. The van der Waals surface area contributed by atoms with Crippen molar-refractivity contribution in [3.8, 4) is 5.69 Å². The molecule has 4 aromatic rings. The topological polar surface area (TPSA) is 46.2 Å². The third-order valence-electron chi connectivity index (χ3n) is 6.56. The van der Waals surface area contributed by atoms with Crippen LogP contribution in [0.1, 0.15) is 51.6 Å². The van der Waals surface area contributed by atoms with Gasteiger partial charge in [0.05, 0.1) is 36.3 Å². The van der Waals surface area contributed by atoms with Crippen LogP contribution in [0.5, 0.6) is 0 Å². The van der Waals surface area contributed by atoms with Crippen LogP contribution in [0.15, 0.2) is 71.5 Å². The lowest BCUT2D eigenvalue weighted by Gasteiger charge is -2.27. The Bertz CT molecular complexity index is 1270. The number of aryl methyl sites for hydroxylation is 3. The number of hydrogen-bond acceptors (Lipinski definition) is 3. The van der Waals surface area contributed by atoms with Crippen molar-refractivity contribution >= 4 is 17.3 Å². The molecule has 0 amide bonds. The molecule has 6 heteroatoms. The van der Waals surface area contributed by atoms with Gasteiger partial charge in [-0.1, -0.05) is 24.3 Å². The van der Waals surface area contributed by atoms with E-state index < -0.39 is 0 Å². The molecule has 0 unspecified atom stereocenters. The predicted molar refractivity (Wildman–Crippen MR) is 134 cm³/mol. The van der Waals surface area contributed by atoms with Gasteiger partial charge in [-0.05, 0) is 86.9 Å². The van der Waals surface area contributed by atoms with Crippen molar-refractivity contribution < 1.29 is 4.42 Å². The van der Waals surface area contributed by atoms with Crippen molar-refractivity contribution in [3.63, 3.8) is 0 Å². The molecule has 4 heterocycles. The van der Waals surface area contributed by atoms with Gasteiger partial charge in [0, 0.05) is 17.6 Å². The molecule has 3 aromatic heterocycles. The van der Waals surface area contributed by atoms with Crippen LogP contribution in [0, 0.1) is 27.7 Å². The van der Waals surface area contributed by atoms with Crippen LogP contribution < -0.4 is 5.32 Å². The van der Waals surface area contributed by atoms with E-state index in [1.165, 1.54) is 33.8 Å². The Labute approximate surface area is 200 Å². The SMILES string of the molecule is Cc1cccc(C)c1-n1c(C)cc([C@H]2[C@H](c3ccccn3)NC(=S)N2Cc2ccco2)c1C. The number of para-hydroxylation sites is 1. The first-order valence-electron chi connectivity index (χ1n) is 11.2. The maximum atomic E-state index is 5.82. The highest BCUT2D eigenvalue weighted by Gasteiger charge is 2.41. The predicted octanol–water partition coefficient (Wildman–Crippen LogP) is 5.87. The van der Waals surface area contributed by atoms with Gasteiger partial charge in [0.15, 0.2) is 5.11 Å². The number of furan rings is 1. The highest BCUT2D eigenvalue weighted by atomic mass is 32.1. The average molecular weight is 457 g/mol. The van der Waals surface area contributed by atoms with Gasteiger partial charge in [-0.25, -0.2) is 0 Å². The monoisotopic (exact) mass is 456 g/mol. The average Bonchev–Trinajstić information content (AvgIpc) is 3.50. The molecule has 1 aliphatic heterocycles. The van der Waals surface area contributed by atoms with Gasteiger partial charge in [-0.15, -0.1) is 0 Å². The van der Waals surface area contributed by atoms with Gasteiger partial charge >= 0.3 is 0 Å². The highest BCUT2D eigenvalue weighted by Crippen LogP contribution is 2.42. The standard InChI is InChI=1S/C27H28N4OS/c1-17-9-7-10-18(2)25(17)31-19(3)15-22(20(31)4)26-24(23-12-5-6-13-28-23)29-27(33)30(26)16-21-11-8-14-32-21/h5-15,24,26H,16H2,1-4H3,(H,29,33)/t24-,26-/m0/s1. The summed E-state index contributed by atoms with van der Waals surface area (Å²) in [6, 6.07) is 18.6. The number of thiocarbonyl (C=S) groups is 1. The van der Waals surface area contributed by atoms with Crippen molar-refractivity contribution in [1.29, 1.82) is 0 Å². The molecule has 5 nitrogen and oxygen atoms in total. The Morgan fingerprint density at radius 3 is 2.45 bits per heavy atom. The summed E-state index contributed by atoms with van der Waals surface area (Å²) < 4.78 is 8.06. The molecule has 1 N–H and O–H groups in total. The second-order valence-corrected chi connectivity index (χ2v) is 9.12. The zero-order valence-corrected chi connectivity index (χ0v) is 20.2. The van der Waals surface area contributed by atoms with Crippen molar-refractivity contribution in [3.05, 3.63) is 107 Å². The van der Waals surface area contributed by atoms with E-state index in [0.29, 0.717) is 11.7 Å². The van der Waals surface area contributed by atoms with Crippen molar-refractivity contribution in [2.45, 2.75) is 46.3 Å². The Hall–Kier alpha value is -3.38. The summed E-state index contributed by atoms with van der Waals surface area (Å²) in [6.45, 7) is 9.33. The van der Waals surface area contributed by atoms with E-state index in [1.54, 1.807) is 6.26 Å². The van der Waals surface area contributed by atoms with Crippen LogP contribution in [0.4, 0.5) is 0 Å². The van der Waals surface area contributed by atoms with Gasteiger partial charge in [-0.3, -0.25) is 4.98 Å². The van der Waals surface area contributed by atoms with E-state index in [9.17, 15) is 0 Å². The van der Waals surface area contributed by atoms with Gasteiger partial charge in [-0.2, -0.15) is 0 Å². The zero-order chi connectivity index (χ0) is 23.1. The van der Waals surface area contributed by atoms with Gasteiger partial charge in [0.2, 0.25) is 0 Å². The molecule has 1 saturated heterocycles. The number of benzene rings is 1. The molecule has 0 radical (unpaired) electrons. The lowest BCUT2D eigenvalue weighted by molar-refractivity contribution is 0.286. The van der Waals surface area contributed by atoms with Gasteiger partial charge in [0.25, 0.3) is 0 Å². The second kappa shape index (κ2) is 8.52. The number of rotatable bonds is 5. The van der Waals surface area contributed by atoms with Crippen LogP contribution in [0.25, 0.3) is 5.69 Å². The summed E-state index contributed by atoms with van der Waals surface area (Å²) in [6.07, 6.45) is 3.55. The number of nitrogens with one attached hydrogen (secondary N) is 1. The maximum absolute atomic E-state index is 5.82. The number of hydrogen-bond donors (Lipinski definition) is 1. The summed E-state index contributed by atoms with van der Waals surface area (Å²) in [5.41, 5.74) is 8.41. The molecule has 33 heavy (non-hydrogen) atoms. The van der Waals surface area contributed by atoms with E-state index in [-0.39, 0.29) is 12.1 Å². The van der Waals surface area contributed by atoms with Crippen molar-refractivity contribution in [2.75, 3.05) is 0 Å². The number of aromatic nitrogens is 2. The normalized spacial score (nSPS) is 18.1. The van der Waals surface area contributed by atoms with Crippen LogP contribution in [0.2, 0.25) is 0 Å². The van der Waals surface area contributed by atoms with Crippen LogP contribution >= 0.6 is 12.2 Å². The summed E-state index contributed by atoms with van der Waals surface area (Å²) >= 11 is 5.82. The number of pyridine rings is 1. The molecule has 1 fully saturated rings.